The van der Waals surface area contributed by atoms with Crippen LogP contribution in [0, 0.1) is 0 Å². The molecule has 32 heavy (non-hydrogen) atoms. The maximum absolute atomic E-state index is 12.7. The van der Waals surface area contributed by atoms with E-state index in [0.29, 0.717) is 22.5 Å². The minimum Gasteiger partial charge on any atom is -0.339 e. The van der Waals surface area contributed by atoms with E-state index in [-0.39, 0.29) is 5.91 Å². The van der Waals surface area contributed by atoms with Crippen molar-refractivity contribution in [2.75, 3.05) is 16.0 Å². The third-order valence-corrected chi connectivity index (χ3v) is 5.40. The molecule has 4 aromatic rings. The molecule has 5 rings (SSSR count). The van der Waals surface area contributed by atoms with Gasteiger partial charge >= 0.3 is 0 Å². The minimum absolute atomic E-state index is 0.250. The van der Waals surface area contributed by atoms with E-state index in [9.17, 15) is 4.79 Å². The van der Waals surface area contributed by atoms with Gasteiger partial charge in [-0.15, -0.1) is 0 Å². The van der Waals surface area contributed by atoms with E-state index in [4.69, 9.17) is 11.6 Å². The highest BCUT2D eigenvalue weighted by atomic mass is 35.5. The molecule has 1 aliphatic heterocycles. The third-order valence-electron chi connectivity index (χ3n) is 5.12. The predicted molar refractivity (Wildman–Crippen MR) is 126 cm³/mol. The number of aromatic nitrogens is 3. The summed E-state index contributed by atoms with van der Waals surface area (Å²) in [6.07, 6.45) is 4.69. The fraction of sp³-hybridized carbons (Fsp3) is 0.0833. The molecule has 7 nitrogen and oxygen atoms in total. The Balaban J connectivity index is 1.53. The molecule has 0 aliphatic carbocycles. The molecule has 0 atom stereocenters. The molecular weight excluding hydrogens is 424 g/mol. The van der Waals surface area contributed by atoms with E-state index in [1.165, 1.54) is 0 Å². The van der Waals surface area contributed by atoms with Gasteiger partial charge in [0.2, 0.25) is 5.95 Å². The number of carbonyl (C=O) groups excluding carboxylic acids is 1. The number of hydrogen-bond donors (Lipinski definition) is 3. The van der Waals surface area contributed by atoms with Crippen molar-refractivity contribution >= 4 is 46.3 Å². The van der Waals surface area contributed by atoms with Gasteiger partial charge in [0.15, 0.2) is 5.82 Å². The smallest absolute Gasteiger partial charge is 0.274 e. The van der Waals surface area contributed by atoms with Crippen LogP contribution in [0.15, 0.2) is 73.1 Å². The summed E-state index contributed by atoms with van der Waals surface area (Å²) in [4.78, 5) is 25.6. The van der Waals surface area contributed by atoms with Crippen molar-refractivity contribution < 1.29 is 4.79 Å². The van der Waals surface area contributed by atoms with Crippen LogP contribution >= 0.6 is 11.6 Å². The lowest BCUT2D eigenvalue weighted by Crippen LogP contribution is -2.15. The van der Waals surface area contributed by atoms with E-state index >= 15 is 0 Å². The average molecular weight is 443 g/mol. The number of amides is 1. The first-order valence-electron chi connectivity index (χ1n) is 10.1. The molecule has 0 radical (unpaired) electrons. The minimum atomic E-state index is -0.250. The molecule has 1 amide bonds. The number of nitrogens with zero attached hydrogens (tertiary/aromatic N) is 3. The van der Waals surface area contributed by atoms with Gasteiger partial charge in [0.05, 0.1) is 6.20 Å². The van der Waals surface area contributed by atoms with E-state index in [2.05, 4.69) is 43.0 Å². The van der Waals surface area contributed by atoms with Gasteiger partial charge in [-0.05, 0) is 66.4 Å². The van der Waals surface area contributed by atoms with Gasteiger partial charge in [-0.3, -0.25) is 9.78 Å². The zero-order valence-electron chi connectivity index (χ0n) is 17.0. The van der Waals surface area contributed by atoms with Crippen LogP contribution in [0.25, 0.3) is 0 Å². The summed E-state index contributed by atoms with van der Waals surface area (Å²) in [5.74, 6) is 0.698. The highest BCUT2D eigenvalue weighted by Crippen LogP contribution is 2.29. The zero-order chi connectivity index (χ0) is 21.9. The molecule has 6 bridgehead atoms. The number of benzene rings is 2. The molecule has 0 saturated heterocycles. The third kappa shape index (κ3) is 4.38. The molecule has 3 heterocycles. The Hall–Kier alpha value is -3.97. The number of anilines is 5. The van der Waals surface area contributed by atoms with Gasteiger partial charge in [-0.1, -0.05) is 29.8 Å². The van der Waals surface area contributed by atoms with Crippen LogP contribution in [0.4, 0.5) is 28.8 Å². The average Bonchev–Trinajstić information content (AvgIpc) is 2.82. The normalized spacial score (nSPS) is 12.3. The Morgan fingerprint density at radius 2 is 1.84 bits per heavy atom. The number of hydrogen-bond acceptors (Lipinski definition) is 6. The number of aryl methyl sites for hydroxylation is 2. The molecule has 0 saturated carbocycles. The van der Waals surface area contributed by atoms with Crippen molar-refractivity contribution in [3.63, 3.8) is 0 Å². The Labute approximate surface area is 189 Å². The van der Waals surface area contributed by atoms with Crippen molar-refractivity contribution in [3.8, 4) is 0 Å². The topological polar surface area (TPSA) is 91.8 Å². The number of rotatable bonds is 2. The number of nitrogens with one attached hydrogen (secondary N) is 3. The summed E-state index contributed by atoms with van der Waals surface area (Å²) in [5.41, 5.74) is 4.96. The van der Waals surface area contributed by atoms with Crippen LogP contribution < -0.4 is 16.0 Å². The summed E-state index contributed by atoms with van der Waals surface area (Å²) in [6, 6.07) is 19.1. The van der Waals surface area contributed by atoms with E-state index < -0.39 is 0 Å². The summed E-state index contributed by atoms with van der Waals surface area (Å²) in [5, 5.41) is 9.89. The predicted octanol–water partition coefficient (Wildman–Crippen LogP) is 5.36. The lowest BCUT2D eigenvalue weighted by atomic mass is 10.0. The molecule has 0 spiro atoms. The van der Waals surface area contributed by atoms with E-state index in [1.807, 2.05) is 30.3 Å². The van der Waals surface area contributed by atoms with Gasteiger partial charge in [0, 0.05) is 23.3 Å². The number of halogens is 1. The maximum Gasteiger partial charge on any atom is 0.274 e. The lowest BCUT2D eigenvalue weighted by molar-refractivity contribution is 0.102. The first kappa shape index (κ1) is 20.0. The van der Waals surface area contributed by atoms with Crippen molar-refractivity contribution in [1.29, 1.82) is 0 Å². The number of pyridine rings is 1. The largest absolute Gasteiger partial charge is 0.339 e. The quantitative estimate of drug-likeness (QED) is 0.387. The van der Waals surface area contributed by atoms with Gasteiger partial charge in [-0.2, -0.15) is 4.98 Å². The molecule has 0 unspecified atom stereocenters. The van der Waals surface area contributed by atoms with Gasteiger partial charge in [0.25, 0.3) is 5.91 Å². The van der Waals surface area contributed by atoms with Crippen molar-refractivity contribution in [1.82, 2.24) is 15.0 Å². The molecular formula is C24H19ClN6O. The summed E-state index contributed by atoms with van der Waals surface area (Å²) >= 11 is 6.32. The van der Waals surface area contributed by atoms with E-state index in [1.54, 1.807) is 30.6 Å². The lowest BCUT2D eigenvalue weighted by Gasteiger charge is -2.14. The van der Waals surface area contributed by atoms with E-state index in [0.717, 1.165) is 41.0 Å². The van der Waals surface area contributed by atoms with Crippen molar-refractivity contribution in [2.45, 2.75) is 12.8 Å². The first-order chi connectivity index (χ1) is 15.6. The monoisotopic (exact) mass is 442 g/mol. The fourth-order valence-corrected chi connectivity index (χ4v) is 3.69. The second-order valence-corrected chi connectivity index (χ2v) is 7.79. The number of fused-ring (bicyclic) bond motifs is 6. The van der Waals surface area contributed by atoms with Crippen LogP contribution in [-0.2, 0) is 12.8 Å². The van der Waals surface area contributed by atoms with Crippen molar-refractivity contribution in [3.05, 3.63) is 94.9 Å². The van der Waals surface area contributed by atoms with Crippen LogP contribution in [0.2, 0.25) is 5.02 Å². The summed E-state index contributed by atoms with van der Waals surface area (Å²) in [6.45, 7) is 0. The second kappa shape index (κ2) is 8.64. The van der Waals surface area contributed by atoms with Gasteiger partial charge in [0.1, 0.15) is 10.7 Å². The van der Waals surface area contributed by atoms with Crippen molar-refractivity contribution in [2.24, 2.45) is 0 Å². The Morgan fingerprint density at radius 1 is 0.938 bits per heavy atom. The summed E-state index contributed by atoms with van der Waals surface area (Å²) < 4.78 is 0. The van der Waals surface area contributed by atoms with Crippen LogP contribution in [-0.4, -0.2) is 20.9 Å². The fourth-order valence-electron chi connectivity index (χ4n) is 3.55. The standard InChI is InChI=1S/C24H19ClN6O/c25-19-14-27-24-29-17-5-3-4-15(12-17)7-8-16-13-18(28-22(19)31-24)9-10-20(16)30-23(32)21-6-1-2-11-26-21/h1-6,9-14H,7-8H2,(H,30,32)(H2,27,28,29,31). The SMILES string of the molecule is O=C(Nc1ccc2cc1CCc1cccc(c1)Nc1ncc(Cl)c(n1)N2)c1ccccn1. The molecule has 8 heteroatoms. The molecule has 2 aromatic carbocycles. The molecule has 1 aliphatic rings. The Kier molecular flexibility index (Phi) is 5.39. The highest BCUT2D eigenvalue weighted by Gasteiger charge is 2.14. The Bertz CT molecular complexity index is 1290. The molecule has 158 valence electrons. The zero-order valence-corrected chi connectivity index (χ0v) is 17.7. The van der Waals surface area contributed by atoms with Crippen LogP contribution in [0.5, 0.6) is 0 Å². The van der Waals surface area contributed by atoms with Gasteiger partial charge < -0.3 is 16.0 Å². The molecule has 2 aromatic heterocycles. The molecule has 0 fully saturated rings. The Morgan fingerprint density at radius 3 is 2.72 bits per heavy atom. The summed E-state index contributed by atoms with van der Waals surface area (Å²) in [7, 11) is 0. The molecule has 3 N–H and O–H groups in total. The highest BCUT2D eigenvalue weighted by molar-refractivity contribution is 6.32. The van der Waals surface area contributed by atoms with Crippen LogP contribution in [0.3, 0.4) is 0 Å². The maximum atomic E-state index is 12.7. The first-order valence-corrected chi connectivity index (χ1v) is 10.5. The second-order valence-electron chi connectivity index (χ2n) is 7.38. The van der Waals surface area contributed by atoms with Gasteiger partial charge in [-0.25, -0.2) is 4.98 Å². The van der Waals surface area contributed by atoms with Crippen LogP contribution in [0.1, 0.15) is 21.6 Å². The number of carbonyl (C=O) groups is 1.